The molecule has 0 unspecified atom stereocenters. The molecule has 0 fully saturated rings. The average molecular weight is 296 g/mol. The second-order valence-electron chi connectivity index (χ2n) is 3.42. The highest BCUT2D eigenvalue weighted by Crippen LogP contribution is 2.24. The summed E-state index contributed by atoms with van der Waals surface area (Å²) in [5, 5.41) is 3.23. The van der Waals surface area contributed by atoms with Gasteiger partial charge < -0.3 is 19.6 Å². The first-order chi connectivity index (χ1) is 9.71. The Morgan fingerprint density at radius 1 is 1.45 bits per heavy atom. The van der Waals surface area contributed by atoms with Crippen LogP contribution in [0.25, 0.3) is 0 Å². The molecule has 0 saturated carbocycles. The Morgan fingerprint density at radius 3 is 2.85 bits per heavy atom. The molecule has 1 amide bonds. The van der Waals surface area contributed by atoms with E-state index in [0.29, 0.717) is 11.4 Å². The molecule has 108 valence electrons. The number of amidine groups is 1. The summed E-state index contributed by atoms with van der Waals surface area (Å²) >= 11 is 1.10. The topological polar surface area (TPSA) is 77.0 Å². The second kappa shape index (κ2) is 8.98. The fourth-order valence-corrected chi connectivity index (χ4v) is 1.86. The zero-order chi connectivity index (χ0) is 14.8. The van der Waals surface area contributed by atoms with Crippen LogP contribution in [0.15, 0.2) is 29.3 Å². The molecule has 0 aliphatic rings. The first kappa shape index (κ1) is 16.0. The first-order valence-corrected chi connectivity index (χ1v) is 6.91. The van der Waals surface area contributed by atoms with E-state index in [4.69, 9.17) is 9.47 Å². The van der Waals surface area contributed by atoms with Crippen LogP contribution in [0.1, 0.15) is 6.92 Å². The van der Waals surface area contributed by atoms with Gasteiger partial charge in [0, 0.05) is 0 Å². The standard InChI is InChI=1S/C13H16N2O4S/c1-3-19-13(17)15-12(20-9-8-16)14-10-6-4-5-7-11(10)18-2/h4-8H,3,9H2,1-2H3,(H,14,15,17). The van der Waals surface area contributed by atoms with Crippen LogP contribution >= 0.6 is 11.8 Å². The smallest absolute Gasteiger partial charge is 0.436 e. The van der Waals surface area contributed by atoms with E-state index >= 15 is 0 Å². The lowest BCUT2D eigenvalue weighted by Gasteiger charge is -2.11. The number of para-hydroxylation sites is 2. The van der Waals surface area contributed by atoms with Crippen molar-refractivity contribution < 1.29 is 19.1 Å². The van der Waals surface area contributed by atoms with Gasteiger partial charge in [-0.05, 0) is 19.1 Å². The quantitative estimate of drug-likeness (QED) is 0.511. The molecule has 0 aliphatic carbocycles. The van der Waals surface area contributed by atoms with Crippen LogP contribution in [-0.4, -0.2) is 37.0 Å². The fourth-order valence-electron chi connectivity index (χ4n) is 1.31. The van der Waals surface area contributed by atoms with Crippen LogP contribution < -0.4 is 10.1 Å². The number of hydrogen-bond donors (Lipinski definition) is 1. The van der Waals surface area contributed by atoms with Crippen molar-refractivity contribution in [3.8, 4) is 5.75 Å². The number of carbonyl (C=O) groups is 2. The summed E-state index contributed by atoms with van der Waals surface area (Å²) in [6.07, 6.45) is 0.0261. The Balaban J connectivity index is 2.88. The number of hydrogen-bond acceptors (Lipinski definition) is 5. The van der Waals surface area contributed by atoms with Gasteiger partial charge in [0.15, 0.2) is 5.17 Å². The van der Waals surface area contributed by atoms with Crippen LogP contribution in [-0.2, 0) is 9.53 Å². The first-order valence-electron chi connectivity index (χ1n) is 5.93. The van der Waals surface area contributed by atoms with Crippen molar-refractivity contribution in [2.45, 2.75) is 6.92 Å². The number of aldehydes is 1. The number of nitrogens with zero attached hydrogens (tertiary/aromatic N) is 1. The highest BCUT2D eigenvalue weighted by Gasteiger charge is 2.08. The van der Waals surface area contributed by atoms with Gasteiger partial charge in [-0.1, -0.05) is 23.9 Å². The van der Waals surface area contributed by atoms with Gasteiger partial charge in [0.2, 0.25) is 0 Å². The van der Waals surface area contributed by atoms with Gasteiger partial charge in [-0.3, -0.25) is 0 Å². The lowest BCUT2D eigenvalue weighted by atomic mass is 10.3. The Kier molecular flexibility index (Phi) is 7.20. The number of carbonyl (C=O) groups excluding carboxylic acids is 2. The second-order valence-corrected chi connectivity index (χ2v) is 4.43. The number of methoxy groups -OCH3 is 1. The van der Waals surface area contributed by atoms with E-state index in [2.05, 4.69) is 10.3 Å². The predicted octanol–water partition coefficient (Wildman–Crippen LogP) is 2.55. The maximum Gasteiger partial charge on any atom is 0.436 e. The molecule has 0 saturated heterocycles. The molecular formula is C13H16N2O4S. The predicted molar refractivity (Wildman–Crippen MR) is 79.6 cm³/mol. The molecule has 7 heteroatoms. The minimum absolute atomic E-state index is 0.181. The van der Waals surface area contributed by atoms with Gasteiger partial charge >= 0.3 is 6.09 Å². The van der Waals surface area contributed by atoms with Gasteiger partial charge in [0.05, 0.1) is 25.2 Å². The van der Waals surface area contributed by atoms with Crippen molar-refractivity contribution >= 4 is 35.0 Å². The zero-order valence-electron chi connectivity index (χ0n) is 11.3. The van der Waals surface area contributed by atoms with E-state index in [0.717, 1.165) is 18.0 Å². The number of aliphatic imine (C=N–C) groups is 1. The van der Waals surface area contributed by atoms with Crippen LogP contribution in [0.5, 0.6) is 5.75 Å². The average Bonchev–Trinajstić information content (AvgIpc) is 2.45. The third-order valence-corrected chi connectivity index (χ3v) is 2.87. The molecule has 0 atom stereocenters. The SMILES string of the molecule is CCOC(=O)/N=C(/Nc1ccccc1OC)SCC=O. The lowest BCUT2D eigenvalue weighted by Crippen LogP contribution is -2.13. The van der Waals surface area contributed by atoms with Crippen molar-refractivity contribution in [1.82, 2.24) is 0 Å². The molecule has 1 N–H and O–H groups in total. The maximum absolute atomic E-state index is 11.4. The van der Waals surface area contributed by atoms with Gasteiger partial charge in [0.1, 0.15) is 12.0 Å². The lowest BCUT2D eigenvalue weighted by molar-refractivity contribution is -0.105. The van der Waals surface area contributed by atoms with E-state index in [1.807, 2.05) is 12.1 Å². The summed E-state index contributed by atoms with van der Waals surface area (Å²) in [6.45, 7) is 1.93. The molecule has 0 radical (unpaired) electrons. The molecule has 1 aromatic carbocycles. The molecule has 1 rings (SSSR count). The zero-order valence-corrected chi connectivity index (χ0v) is 12.1. The van der Waals surface area contributed by atoms with Crippen molar-refractivity contribution in [2.75, 3.05) is 24.8 Å². The van der Waals surface area contributed by atoms with Crippen LogP contribution in [0.3, 0.4) is 0 Å². The van der Waals surface area contributed by atoms with Crippen molar-refractivity contribution in [2.24, 2.45) is 4.99 Å². The third kappa shape index (κ3) is 5.31. The van der Waals surface area contributed by atoms with Gasteiger partial charge in [-0.25, -0.2) is 4.79 Å². The monoisotopic (exact) mass is 296 g/mol. The number of anilines is 1. The van der Waals surface area contributed by atoms with Gasteiger partial charge in [-0.15, -0.1) is 0 Å². The molecule has 0 spiro atoms. The molecule has 1 aromatic rings. The number of nitrogens with one attached hydrogen (secondary N) is 1. The normalized spacial score (nSPS) is 10.8. The summed E-state index contributed by atoms with van der Waals surface area (Å²) in [6, 6.07) is 7.19. The number of thioether (sulfide) groups is 1. The minimum atomic E-state index is -0.705. The fraction of sp³-hybridized carbons (Fsp3) is 0.308. The molecule has 0 bridgehead atoms. The Labute approximate surface area is 121 Å². The Morgan fingerprint density at radius 2 is 2.20 bits per heavy atom. The highest BCUT2D eigenvalue weighted by atomic mass is 32.2. The van der Waals surface area contributed by atoms with E-state index in [-0.39, 0.29) is 17.5 Å². The minimum Gasteiger partial charge on any atom is -0.495 e. The molecule has 0 aromatic heterocycles. The van der Waals surface area contributed by atoms with Crippen molar-refractivity contribution in [1.29, 1.82) is 0 Å². The summed E-state index contributed by atoms with van der Waals surface area (Å²) in [5.41, 5.74) is 0.649. The summed E-state index contributed by atoms with van der Waals surface area (Å²) in [5.74, 6) is 0.788. The molecule has 6 nitrogen and oxygen atoms in total. The molecular weight excluding hydrogens is 280 g/mol. The molecule has 0 aliphatic heterocycles. The van der Waals surface area contributed by atoms with Gasteiger partial charge in [0.25, 0.3) is 0 Å². The van der Waals surface area contributed by atoms with E-state index in [1.54, 1.807) is 26.2 Å². The number of rotatable bonds is 5. The van der Waals surface area contributed by atoms with E-state index < -0.39 is 6.09 Å². The molecule has 0 heterocycles. The summed E-state index contributed by atoms with van der Waals surface area (Å²) < 4.78 is 9.94. The van der Waals surface area contributed by atoms with Crippen LogP contribution in [0.2, 0.25) is 0 Å². The van der Waals surface area contributed by atoms with Gasteiger partial charge in [-0.2, -0.15) is 4.99 Å². The summed E-state index contributed by atoms with van der Waals surface area (Å²) in [4.78, 5) is 25.6. The van der Waals surface area contributed by atoms with Crippen LogP contribution in [0.4, 0.5) is 10.5 Å². The number of amides is 1. The Hall–Kier alpha value is -2.02. The van der Waals surface area contributed by atoms with E-state index in [1.165, 1.54) is 0 Å². The molecule has 20 heavy (non-hydrogen) atoms. The van der Waals surface area contributed by atoms with E-state index in [9.17, 15) is 9.59 Å². The largest absolute Gasteiger partial charge is 0.495 e. The Bertz CT molecular complexity index is 491. The van der Waals surface area contributed by atoms with Crippen molar-refractivity contribution in [3.05, 3.63) is 24.3 Å². The van der Waals surface area contributed by atoms with Crippen molar-refractivity contribution in [3.63, 3.8) is 0 Å². The number of benzene rings is 1. The summed E-state index contributed by atoms with van der Waals surface area (Å²) in [7, 11) is 1.54. The highest BCUT2D eigenvalue weighted by molar-refractivity contribution is 8.14. The van der Waals surface area contributed by atoms with Crippen LogP contribution in [0, 0.1) is 0 Å². The number of ether oxygens (including phenoxy) is 2. The maximum atomic E-state index is 11.4. The third-order valence-electron chi connectivity index (χ3n) is 2.10.